The van der Waals surface area contributed by atoms with E-state index in [0.717, 1.165) is 30.5 Å². The van der Waals surface area contributed by atoms with Crippen molar-refractivity contribution < 1.29 is 20.4 Å². The predicted octanol–water partition coefficient (Wildman–Crippen LogP) is 1.47. The average Bonchev–Trinajstić information content (AvgIpc) is 2.64. The van der Waals surface area contributed by atoms with Gasteiger partial charge in [-0.05, 0) is 48.2 Å². The summed E-state index contributed by atoms with van der Waals surface area (Å²) < 4.78 is 0. The number of phenolic OH excluding ortho intramolecular Hbond substituents is 4. The maximum absolute atomic E-state index is 9.53. The molecule has 2 aromatic carbocycles. The second kappa shape index (κ2) is 8.27. The molecule has 2 atom stereocenters. The first-order valence-corrected chi connectivity index (χ1v) is 8.73. The second-order valence-corrected chi connectivity index (χ2v) is 6.64. The molecule has 140 valence electrons. The predicted molar refractivity (Wildman–Crippen MR) is 98.0 cm³/mol. The SMILES string of the molecule is Oc1ccc(CNC2CC[C@H](NCc3ccc(O)c(O)c3)CN2)cc1O. The lowest BCUT2D eigenvalue weighted by molar-refractivity contribution is 0.288. The Labute approximate surface area is 152 Å². The van der Waals surface area contributed by atoms with Crippen LogP contribution in [0.1, 0.15) is 24.0 Å². The summed E-state index contributed by atoms with van der Waals surface area (Å²) in [5.41, 5.74) is 1.84. The van der Waals surface area contributed by atoms with Gasteiger partial charge in [0.1, 0.15) is 0 Å². The Morgan fingerprint density at radius 1 is 0.769 bits per heavy atom. The number of aromatic hydroxyl groups is 4. The Bertz CT molecular complexity index is 682. The van der Waals surface area contributed by atoms with Crippen LogP contribution in [0.5, 0.6) is 23.0 Å². The van der Waals surface area contributed by atoms with Crippen molar-refractivity contribution in [2.24, 2.45) is 0 Å². The van der Waals surface area contributed by atoms with Crippen molar-refractivity contribution in [3.8, 4) is 23.0 Å². The normalized spacial score (nSPS) is 20.2. The molecule has 0 aliphatic carbocycles. The molecule has 1 heterocycles. The first kappa shape index (κ1) is 18.3. The van der Waals surface area contributed by atoms with E-state index >= 15 is 0 Å². The molecule has 0 amide bonds. The van der Waals surface area contributed by atoms with E-state index in [4.69, 9.17) is 0 Å². The fourth-order valence-corrected chi connectivity index (χ4v) is 3.07. The molecule has 7 heteroatoms. The zero-order valence-electron chi connectivity index (χ0n) is 14.4. The molecule has 1 aliphatic rings. The van der Waals surface area contributed by atoms with E-state index in [1.807, 2.05) is 0 Å². The van der Waals surface area contributed by atoms with Crippen molar-refractivity contribution in [2.75, 3.05) is 6.54 Å². The van der Waals surface area contributed by atoms with E-state index in [2.05, 4.69) is 16.0 Å². The number of rotatable bonds is 6. The molecule has 26 heavy (non-hydrogen) atoms. The Morgan fingerprint density at radius 2 is 1.35 bits per heavy atom. The summed E-state index contributed by atoms with van der Waals surface area (Å²) in [6, 6.07) is 10.0. The summed E-state index contributed by atoms with van der Waals surface area (Å²) in [5, 5.41) is 48.0. The number of hydrogen-bond acceptors (Lipinski definition) is 7. The molecule has 0 saturated carbocycles. The molecule has 2 aromatic rings. The molecule has 1 unspecified atom stereocenters. The largest absolute Gasteiger partial charge is 0.504 e. The minimum absolute atomic E-state index is 0.101. The van der Waals surface area contributed by atoms with E-state index < -0.39 is 0 Å². The fraction of sp³-hybridized carbons (Fsp3) is 0.368. The first-order valence-electron chi connectivity index (χ1n) is 8.73. The van der Waals surface area contributed by atoms with Crippen LogP contribution in [0, 0.1) is 0 Å². The lowest BCUT2D eigenvalue weighted by Gasteiger charge is -2.31. The number of piperidine rings is 1. The van der Waals surface area contributed by atoms with E-state index in [-0.39, 0.29) is 29.2 Å². The maximum Gasteiger partial charge on any atom is 0.157 e. The van der Waals surface area contributed by atoms with E-state index in [1.165, 1.54) is 12.1 Å². The van der Waals surface area contributed by atoms with Crippen LogP contribution in [0.4, 0.5) is 0 Å². The van der Waals surface area contributed by atoms with E-state index in [9.17, 15) is 20.4 Å². The number of nitrogens with one attached hydrogen (secondary N) is 3. The lowest BCUT2D eigenvalue weighted by Crippen LogP contribution is -2.52. The number of hydrogen-bond donors (Lipinski definition) is 7. The quantitative estimate of drug-likeness (QED) is 0.391. The average molecular weight is 359 g/mol. The van der Waals surface area contributed by atoms with Gasteiger partial charge < -0.3 is 31.1 Å². The van der Waals surface area contributed by atoms with Gasteiger partial charge in [-0.25, -0.2) is 0 Å². The Morgan fingerprint density at radius 3 is 1.85 bits per heavy atom. The zero-order valence-corrected chi connectivity index (χ0v) is 14.4. The van der Waals surface area contributed by atoms with E-state index in [1.54, 1.807) is 24.3 Å². The topological polar surface area (TPSA) is 117 Å². The highest BCUT2D eigenvalue weighted by atomic mass is 16.3. The standard InChI is InChI=1S/C19H25N3O4/c23-15-4-1-12(7-17(15)25)9-20-14-3-6-19(22-11-14)21-10-13-2-5-16(24)18(26)8-13/h1-2,4-5,7-8,14,19-26H,3,6,9-11H2/t14-,19?/m0/s1. The minimum atomic E-state index is -0.111. The summed E-state index contributed by atoms with van der Waals surface area (Å²) in [6.07, 6.45) is 2.17. The van der Waals surface area contributed by atoms with Crippen molar-refractivity contribution in [3.05, 3.63) is 47.5 Å². The van der Waals surface area contributed by atoms with Crippen molar-refractivity contribution >= 4 is 0 Å². The summed E-state index contributed by atoms with van der Waals surface area (Å²) in [6.45, 7) is 2.06. The molecular formula is C19H25N3O4. The lowest BCUT2D eigenvalue weighted by atomic mass is 10.0. The van der Waals surface area contributed by atoms with Crippen LogP contribution in [0.2, 0.25) is 0 Å². The summed E-state index contributed by atoms with van der Waals surface area (Å²) in [5.74, 6) is -0.426. The molecule has 0 radical (unpaired) electrons. The number of benzene rings is 2. The van der Waals surface area contributed by atoms with Crippen LogP contribution < -0.4 is 16.0 Å². The van der Waals surface area contributed by atoms with Crippen LogP contribution in [0.3, 0.4) is 0 Å². The smallest absolute Gasteiger partial charge is 0.157 e. The molecule has 1 saturated heterocycles. The van der Waals surface area contributed by atoms with Crippen molar-refractivity contribution in [2.45, 2.75) is 38.1 Å². The van der Waals surface area contributed by atoms with Crippen LogP contribution >= 0.6 is 0 Å². The van der Waals surface area contributed by atoms with Gasteiger partial charge in [-0.2, -0.15) is 0 Å². The van der Waals surface area contributed by atoms with E-state index in [0.29, 0.717) is 19.1 Å². The van der Waals surface area contributed by atoms with Crippen LogP contribution in [0.15, 0.2) is 36.4 Å². The summed E-state index contributed by atoms with van der Waals surface area (Å²) in [7, 11) is 0. The van der Waals surface area contributed by atoms with Gasteiger partial charge in [0.05, 0.1) is 6.17 Å². The van der Waals surface area contributed by atoms with Crippen molar-refractivity contribution in [3.63, 3.8) is 0 Å². The van der Waals surface area contributed by atoms with Gasteiger partial charge in [0.15, 0.2) is 23.0 Å². The van der Waals surface area contributed by atoms with Gasteiger partial charge in [0, 0.05) is 25.7 Å². The molecule has 1 fully saturated rings. The minimum Gasteiger partial charge on any atom is -0.504 e. The third-order valence-corrected chi connectivity index (χ3v) is 4.64. The highest BCUT2D eigenvalue weighted by Gasteiger charge is 2.19. The maximum atomic E-state index is 9.53. The molecule has 0 aromatic heterocycles. The third kappa shape index (κ3) is 4.78. The van der Waals surface area contributed by atoms with Gasteiger partial charge in [0.2, 0.25) is 0 Å². The third-order valence-electron chi connectivity index (χ3n) is 4.64. The number of phenols is 4. The van der Waals surface area contributed by atoms with Crippen LogP contribution in [-0.2, 0) is 13.1 Å². The fourth-order valence-electron chi connectivity index (χ4n) is 3.07. The molecule has 0 spiro atoms. The van der Waals surface area contributed by atoms with Gasteiger partial charge >= 0.3 is 0 Å². The van der Waals surface area contributed by atoms with Crippen molar-refractivity contribution in [1.82, 2.24) is 16.0 Å². The summed E-state index contributed by atoms with van der Waals surface area (Å²) >= 11 is 0. The molecule has 1 aliphatic heterocycles. The highest BCUT2D eigenvalue weighted by Crippen LogP contribution is 2.25. The highest BCUT2D eigenvalue weighted by molar-refractivity contribution is 5.41. The second-order valence-electron chi connectivity index (χ2n) is 6.64. The Kier molecular flexibility index (Phi) is 5.82. The van der Waals surface area contributed by atoms with Crippen molar-refractivity contribution in [1.29, 1.82) is 0 Å². The molecule has 7 nitrogen and oxygen atoms in total. The molecule has 7 N–H and O–H groups in total. The molecule has 3 rings (SSSR count). The van der Waals surface area contributed by atoms with Crippen LogP contribution in [0.25, 0.3) is 0 Å². The first-order chi connectivity index (χ1) is 12.5. The zero-order chi connectivity index (χ0) is 18.5. The van der Waals surface area contributed by atoms with Gasteiger partial charge in [-0.15, -0.1) is 0 Å². The monoisotopic (exact) mass is 359 g/mol. The van der Waals surface area contributed by atoms with Gasteiger partial charge in [-0.1, -0.05) is 12.1 Å². The van der Waals surface area contributed by atoms with Gasteiger partial charge in [-0.3, -0.25) is 5.32 Å². The summed E-state index contributed by atoms with van der Waals surface area (Å²) in [4.78, 5) is 0. The molecular weight excluding hydrogens is 334 g/mol. The Balaban J connectivity index is 1.39. The molecule has 0 bridgehead atoms. The van der Waals surface area contributed by atoms with Gasteiger partial charge in [0.25, 0.3) is 0 Å². The van der Waals surface area contributed by atoms with Crippen LogP contribution in [-0.4, -0.2) is 39.2 Å². The Hall–Kier alpha value is -2.48.